The molecular weight excluding hydrogens is 789 g/mol. The predicted octanol–water partition coefficient (Wildman–Crippen LogP) is 15.7. The number of furan rings is 1. The molecule has 0 unspecified atom stereocenters. The largest absolute Gasteiger partial charge is 0.455 e. The smallest absolute Gasteiger partial charge is 0.166 e. The van der Waals surface area contributed by atoms with Crippen molar-refractivity contribution in [3.63, 3.8) is 0 Å². The van der Waals surface area contributed by atoms with E-state index in [0.717, 1.165) is 76.9 Å². The molecule has 0 amide bonds. The van der Waals surface area contributed by atoms with Crippen molar-refractivity contribution in [1.29, 1.82) is 0 Å². The van der Waals surface area contributed by atoms with E-state index < -0.39 is 0 Å². The van der Waals surface area contributed by atoms with Crippen LogP contribution in [0.4, 0.5) is 0 Å². The zero-order chi connectivity index (χ0) is 41.2. The van der Waals surface area contributed by atoms with Crippen LogP contribution in [0, 0.1) is 0 Å². The third kappa shape index (κ3) is 5.13. The number of hydrogen-bond acceptors (Lipinski definition) is 5. The van der Waals surface area contributed by atoms with Crippen molar-refractivity contribution in [1.82, 2.24) is 19.5 Å². The molecule has 6 heteroatoms. The van der Waals surface area contributed by atoms with Gasteiger partial charge in [-0.15, -0.1) is 11.3 Å². The highest BCUT2D eigenvalue weighted by molar-refractivity contribution is 7.25. The summed E-state index contributed by atoms with van der Waals surface area (Å²) in [6.07, 6.45) is 0. The van der Waals surface area contributed by atoms with E-state index in [4.69, 9.17) is 19.4 Å². The van der Waals surface area contributed by atoms with Crippen molar-refractivity contribution in [3.05, 3.63) is 194 Å². The van der Waals surface area contributed by atoms with Gasteiger partial charge in [0.15, 0.2) is 17.5 Å². The van der Waals surface area contributed by atoms with Gasteiger partial charge in [-0.05, 0) is 69.4 Å². The van der Waals surface area contributed by atoms with E-state index in [2.05, 4.69) is 193 Å². The van der Waals surface area contributed by atoms with Crippen molar-refractivity contribution >= 4 is 108 Å². The normalized spacial score (nSPS) is 12.1. The van der Waals surface area contributed by atoms with Crippen LogP contribution in [0.5, 0.6) is 0 Å². The summed E-state index contributed by atoms with van der Waals surface area (Å²) in [7, 11) is 0. The zero-order valence-corrected chi connectivity index (χ0v) is 34.4. The van der Waals surface area contributed by atoms with Crippen LogP contribution in [0.3, 0.4) is 0 Å². The van der Waals surface area contributed by atoms with Gasteiger partial charge >= 0.3 is 0 Å². The summed E-state index contributed by atoms with van der Waals surface area (Å²) in [6.45, 7) is 0. The van der Waals surface area contributed by atoms with Gasteiger partial charge in [-0.3, -0.25) is 0 Å². The number of aromatic nitrogens is 4. The standard InChI is InChI=1S/C57H32N4OS/c1-2-14-34-29-37(26-25-33(34)13-1)55-58-56(38-27-28-41-40-18-9-12-24-49(40)63-50(41)32-38)60-57(59-55)52-42-19-5-6-20-43(42)54-51(44-21-8-11-23-48(44)62-54)53(52)61-46-22-10-7-17-39(46)45-30-35-15-3-4-16-36(35)31-47(45)61/h1-32H. The number of benzene rings is 10. The van der Waals surface area contributed by atoms with Crippen molar-refractivity contribution in [2.45, 2.75) is 0 Å². The first-order valence-electron chi connectivity index (χ1n) is 21.2. The van der Waals surface area contributed by atoms with Crippen LogP contribution in [0.2, 0.25) is 0 Å². The highest BCUT2D eigenvalue weighted by Gasteiger charge is 2.28. The topological polar surface area (TPSA) is 56.7 Å². The average molecular weight is 821 g/mol. The molecule has 10 aromatic carbocycles. The molecule has 0 aliphatic heterocycles. The Hall–Kier alpha value is -8.19. The van der Waals surface area contributed by atoms with Crippen LogP contribution in [-0.2, 0) is 0 Å². The second-order valence-corrected chi connectivity index (χ2v) is 17.4. The lowest BCUT2D eigenvalue weighted by Gasteiger charge is -2.19. The number of nitrogens with zero attached hydrogens (tertiary/aromatic N) is 4. The molecular formula is C57H32N4OS. The number of para-hydroxylation sites is 2. The summed E-state index contributed by atoms with van der Waals surface area (Å²) in [6, 6.07) is 69.1. The lowest BCUT2D eigenvalue weighted by atomic mass is 9.96. The minimum Gasteiger partial charge on any atom is -0.455 e. The number of rotatable bonds is 4. The highest BCUT2D eigenvalue weighted by atomic mass is 32.1. The Labute approximate surface area is 363 Å². The van der Waals surface area contributed by atoms with E-state index in [1.165, 1.54) is 41.7 Å². The third-order valence-electron chi connectivity index (χ3n) is 12.8. The molecule has 63 heavy (non-hydrogen) atoms. The average Bonchev–Trinajstić information content (AvgIpc) is 4.02. The molecule has 0 spiro atoms. The maximum Gasteiger partial charge on any atom is 0.166 e. The SMILES string of the molecule is c1ccc2cc(-c3nc(-c4ccc5c(c4)sc4ccccc45)nc(-c4c(-n5c6ccccc6c6cc7ccccc7cc65)c5c6ccccc6oc5c5ccccc45)n3)ccc2c1. The van der Waals surface area contributed by atoms with Crippen LogP contribution in [0.15, 0.2) is 199 Å². The van der Waals surface area contributed by atoms with E-state index in [-0.39, 0.29) is 0 Å². The number of fused-ring (bicyclic) bond motifs is 13. The molecule has 0 N–H and O–H groups in total. The van der Waals surface area contributed by atoms with E-state index >= 15 is 0 Å². The molecule has 5 nitrogen and oxygen atoms in total. The fraction of sp³-hybridized carbons (Fsp3) is 0. The summed E-state index contributed by atoms with van der Waals surface area (Å²) in [5.74, 6) is 1.81. The third-order valence-corrected chi connectivity index (χ3v) is 13.9. The van der Waals surface area contributed by atoms with Gasteiger partial charge in [0.1, 0.15) is 11.2 Å². The fourth-order valence-corrected chi connectivity index (χ4v) is 11.1. The van der Waals surface area contributed by atoms with Crippen molar-refractivity contribution in [2.24, 2.45) is 0 Å². The van der Waals surface area contributed by atoms with Crippen molar-refractivity contribution in [2.75, 3.05) is 0 Å². The van der Waals surface area contributed by atoms with Gasteiger partial charge in [-0.2, -0.15) is 0 Å². The number of thiophene rings is 1. The van der Waals surface area contributed by atoms with Crippen LogP contribution in [0.1, 0.15) is 0 Å². The molecule has 4 aromatic heterocycles. The van der Waals surface area contributed by atoms with E-state index in [0.29, 0.717) is 17.5 Å². The first-order chi connectivity index (χ1) is 31.2. The molecule has 0 bridgehead atoms. The summed E-state index contributed by atoms with van der Waals surface area (Å²) in [5.41, 5.74) is 7.58. The maximum atomic E-state index is 6.92. The van der Waals surface area contributed by atoms with Crippen LogP contribution in [0.25, 0.3) is 136 Å². The predicted molar refractivity (Wildman–Crippen MR) is 263 cm³/mol. The van der Waals surface area contributed by atoms with Crippen LogP contribution in [-0.4, -0.2) is 19.5 Å². The second-order valence-electron chi connectivity index (χ2n) is 16.3. The van der Waals surface area contributed by atoms with E-state index in [9.17, 15) is 0 Å². The maximum absolute atomic E-state index is 6.92. The van der Waals surface area contributed by atoms with Gasteiger partial charge in [-0.1, -0.05) is 152 Å². The Morgan fingerprint density at radius 1 is 0.381 bits per heavy atom. The Balaban J connectivity index is 1.16. The van der Waals surface area contributed by atoms with Gasteiger partial charge in [0.25, 0.3) is 0 Å². The Morgan fingerprint density at radius 2 is 0.968 bits per heavy atom. The van der Waals surface area contributed by atoms with Crippen LogP contribution < -0.4 is 0 Å². The summed E-state index contributed by atoms with van der Waals surface area (Å²) in [5, 5.41) is 13.5. The van der Waals surface area contributed by atoms with Crippen molar-refractivity contribution in [3.8, 4) is 39.9 Å². The molecule has 14 rings (SSSR count). The second kappa shape index (κ2) is 13.2. The first kappa shape index (κ1) is 34.5. The molecule has 14 aromatic rings. The quantitative estimate of drug-likeness (QED) is 0.177. The van der Waals surface area contributed by atoms with Crippen LogP contribution >= 0.6 is 11.3 Å². The molecule has 4 heterocycles. The number of hydrogen-bond donors (Lipinski definition) is 0. The minimum absolute atomic E-state index is 0.588. The minimum atomic E-state index is 0.588. The summed E-state index contributed by atoms with van der Waals surface area (Å²) < 4.78 is 11.8. The molecule has 0 aliphatic rings. The molecule has 0 fully saturated rings. The van der Waals surface area contributed by atoms with Gasteiger partial charge in [0.2, 0.25) is 0 Å². The molecule has 0 radical (unpaired) electrons. The Bertz CT molecular complexity index is 4230. The molecule has 0 saturated carbocycles. The zero-order valence-electron chi connectivity index (χ0n) is 33.6. The lowest BCUT2D eigenvalue weighted by molar-refractivity contribution is 0.672. The Kier molecular flexibility index (Phi) is 7.21. The molecule has 0 atom stereocenters. The van der Waals surface area contributed by atoms with E-state index in [1.54, 1.807) is 11.3 Å². The summed E-state index contributed by atoms with van der Waals surface area (Å²) in [4.78, 5) is 16.4. The van der Waals surface area contributed by atoms with E-state index in [1.807, 2.05) is 6.07 Å². The van der Waals surface area contributed by atoms with Gasteiger partial charge < -0.3 is 8.98 Å². The first-order valence-corrected chi connectivity index (χ1v) is 22.0. The summed E-state index contributed by atoms with van der Waals surface area (Å²) >= 11 is 1.80. The van der Waals surface area contributed by atoms with Gasteiger partial charge in [0, 0.05) is 52.8 Å². The monoisotopic (exact) mass is 820 g/mol. The van der Waals surface area contributed by atoms with Crippen molar-refractivity contribution < 1.29 is 4.42 Å². The molecule has 292 valence electrons. The molecule has 0 aliphatic carbocycles. The lowest BCUT2D eigenvalue weighted by Crippen LogP contribution is -2.05. The molecule has 0 saturated heterocycles. The highest BCUT2D eigenvalue weighted by Crippen LogP contribution is 2.48. The van der Waals surface area contributed by atoms with Gasteiger partial charge in [0.05, 0.1) is 27.7 Å². The van der Waals surface area contributed by atoms with Gasteiger partial charge in [-0.25, -0.2) is 15.0 Å². The fourth-order valence-electron chi connectivity index (χ4n) is 9.91. The Morgan fingerprint density at radius 3 is 1.79 bits per heavy atom.